The molecule has 0 unspecified atom stereocenters. The Bertz CT molecular complexity index is 240. The summed E-state index contributed by atoms with van der Waals surface area (Å²) >= 11 is 1.56. The van der Waals surface area contributed by atoms with Crippen LogP contribution in [0.1, 0.15) is 0 Å². The molecule has 2 rings (SSSR count). The van der Waals surface area contributed by atoms with Crippen molar-refractivity contribution in [2.45, 2.75) is 0 Å². The van der Waals surface area contributed by atoms with E-state index in [0.29, 0.717) is 0 Å². The molecular weight excluding hydrogens is 144 g/mol. The number of rotatable bonds is 0. The average Bonchev–Trinajstić information content (AvgIpc) is 2.33. The molecule has 0 amide bonds. The highest BCUT2D eigenvalue weighted by Gasteiger charge is 2.13. The molecule has 3 heteroatoms. The lowest BCUT2D eigenvalue weighted by Crippen LogP contribution is -2.04. The topological polar surface area (TPSA) is 15.3 Å². The van der Waals surface area contributed by atoms with Crippen LogP contribution in [0.2, 0.25) is 0 Å². The van der Waals surface area contributed by atoms with Crippen LogP contribution in [-0.4, -0.2) is 4.31 Å². The van der Waals surface area contributed by atoms with Gasteiger partial charge in [-0.15, -0.1) is 0 Å². The second-order valence-electron chi connectivity index (χ2n) is 2.14. The quantitative estimate of drug-likeness (QED) is 0.529. The molecular formula is C7H7N2S. The van der Waals surface area contributed by atoms with Crippen molar-refractivity contribution >= 4 is 12.1 Å². The van der Waals surface area contributed by atoms with E-state index in [-0.39, 0.29) is 0 Å². The van der Waals surface area contributed by atoms with Gasteiger partial charge in [-0.1, -0.05) is 0 Å². The van der Waals surface area contributed by atoms with Crippen molar-refractivity contribution in [1.29, 1.82) is 0 Å². The second kappa shape index (κ2) is 2.09. The summed E-state index contributed by atoms with van der Waals surface area (Å²) in [6.07, 6.45) is 7.97. The van der Waals surface area contributed by atoms with Crippen molar-refractivity contribution in [2.24, 2.45) is 0 Å². The molecule has 1 N–H and O–H groups in total. The third-order valence-corrected chi connectivity index (χ3v) is 2.12. The van der Waals surface area contributed by atoms with E-state index in [1.54, 1.807) is 12.1 Å². The average molecular weight is 151 g/mol. The molecule has 0 bridgehead atoms. The van der Waals surface area contributed by atoms with E-state index in [9.17, 15) is 0 Å². The van der Waals surface area contributed by atoms with E-state index in [0.717, 1.165) is 11.3 Å². The van der Waals surface area contributed by atoms with Gasteiger partial charge in [-0.05, 0) is 24.6 Å². The molecule has 0 saturated heterocycles. The minimum absolute atomic E-state index is 1.05. The van der Waals surface area contributed by atoms with Gasteiger partial charge >= 0.3 is 0 Å². The molecule has 0 saturated carbocycles. The molecule has 51 valence electrons. The van der Waals surface area contributed by atoms with Crippen LogP contribution in [0.5, 0.6) is 0 Å². The van der Waals surface area contributed by atoms with Crippen LogP contribution in [0.15, 0.2) is 35.8 Å². The molecule has 10 heavy (non-hydrogen) atoms. The summed E-state index contributed by atoms with van der Waals surface area (Å²) in [5.41, 5.74) is 2.21. The fraction of sp³-hybridized carbons (Fsp3) is 0. The molecule has 2 heterocycles. The van der Waals surface area contributed by atoms with Gasteiger partial charge in [0.05, 0.1) is 17.8 Å². The largest absolute Gasteiger partial charge is 0.316 e. The van der Waals surface area contributed by atoms with Crippen molar-refractivity contribution in [2.75, 3.05) is 0 Å². The first-order chi connectivity index (χ1) is 4.86. The first kappa shape index (κ1) is 5.92. The predicted octanol–water partition coefficient (Wildman–Crippen LogP) is 1.58. The van der Waals surface area contributed by atoms with Crippen molar-refractivity contribution in [1.82, 2.24) is 9.03 Å². The molecule has 0 aliphatic carbocycles. The van der Waals surface area contributed by atoms with Gasteiger partial charge in [0.2, 0.25) is 0 Å². The zero-order valence-corrected chi connectivity index (χ0v) is 6.19. The maximum absolute atomic E-state index is 3.83. The zero-order valence-electron chi connectivity index (χ0n) is 5.37. The zero-order chi connectivity index (χ0) is 6.97. The highest BCUT2D eigenvalue weighted by molar-refractivity contribution is 7.95. The SMILES string of the molecule is [CH2]C1=CC2=CNSN2C=C1. The van der Waals surface area contributed by atoms with Crippen molar-refractivity contribution in [3.63, 3.8) is 0 Å². The van der Waals surface area contributed by atoms with Crippen LogP contribution in [0.4, 0.5) is 0 Å². The first-order valence-corrected chi connectivity index (χ1v) is 3.77. The Morgan fingerprint density at radius 2 is 2.50 bits per heavy atom. The molecule has 0 fully saturated rings. The smallest absolute Gasteiger partial charge is 0.0726 e. The summed E-state index contributed by atoms with van der Waals surface area (Å²) in [6.45, 7) is 3.83. The minimum Gasteiger partial charge on any atom is -0.316 e. The molecule has 2 aliphatic rings. The Kier molecular flexibility index (Phi) is 1.24. The normalized spacial score (nSPS) is 21.5. The number of hydrogen-bond acceptors (Lipinski definition) is 3. The second-order valence-corrected chi connectivity index (χ2v) is 2.95. The molecule has 0 aromatic carbocycles. The summed E-state index contributed by atoms with van der Waals surface area (Å²) < 4.78 is 5.09. The van der Waals surface area contributed by atoms with Crippen molar-refractivity contribution in [3.05, 3.63) is 42.7 Å². The Hall–Kier alpha value is -0.830. The number of hydrogen-bond donors (Lipinski definition) is 1. The fourth-order valence-electron chi connectivity index (χ4n) is 0.883. The van der Waals surface area contributed by atoms with Crippen LogP contribution in [0.3, 0.4) is 0 Å². The fourth-order valence-corrected chi connectivity index (χ4v) is 1.50. The monoisotopic (exact) mass is 151 g/mol. The predicted molar refractivity (Wildman–Crippen MR) is 43.2 cm³/mol. The molecule has 2 aliphatic heterocycles. The Morgan fingerprint density at radius 1 is 1.60 bits per heavy atom. The lowest BCUT2D eigenvalue weighted by atomic mass is 10.2. The maximum atomic E-state index is 3.83. The number of allylic oxidation sites excluding steroid dienone is 3. The van der Waals surface area contributed by atoms with Crippen LogP contribution in [0, 0.1) is 6.92 Å². The number of nitrogens with zero attached hydrogens (tertiary/aromatic N) is 1. The molecule has 0 aromatic heterocycles. The summed E-state index contributed by atoms with van der Waals surface area (Å²) in [6, 6.07) is 0. The van der Waals surface area contributed by atoms with Gasteiger partial charge in [0, 0.05) is 12.4 Å². The van der Waals surface area contributed by atoms with Gasteiger partial charge in [0.25, 0.3) is 0 Å². The van der Waals surface area contributed by atoms with Crippen LogP contribution in [-0.2, 0) is 0 Å². The number of nitrogens with one attached hydrogen (secondary N) is 1. The Balaban J connectivity index is 2.34. The van der Waals surface area contributed by atoms with E-state index < -0.39 is 0 Å². The van der Waals surface area contributed by atoms with Gasteiger partial charge in [-0.2, -0.15) is 0 Å². The standard InChI is InChI=1S/C7H7N2S/c1-6-2-3-9-7(4-6)5-8-10-9/h2-5,8H,1H2. The molecule has 2 nitrogen and oxygen atoms in total. The molecule has 0 spiro atoms. The molecule has 0 aromatic rings. The maximum Gasteiger partial charge on any atom is 0.0726 e. The Labute approximate surface area is 64.6 Å². The minimum atomic E-state index is 1.05. The summed E-state index contributed by atoms with van der Waals surface area (Å²) in [5, 5.41) is 0. The Morgan fingerprint density at radius 3 is 3.40 bits per heavy atom. The van der Waals surface area contributed by atoms with Gasteiger partial charge in [0.1, 0.15) is 0 Å². The van der Waals surface area contributed by atoms with E-state index in [4.69, 9.17) is 0 Å². The highest BCUT2D eigenvalue weighted by atomic mass is 32.2. The van der Waals surface area contributed by atoms with Crippen LogP contribution >= 0.6 is 12.1 Å². The van der Waals surface area contributed by atoms with E-state index in [1.807, 2.05) is 24.6 Å². The van der Waals surface area contributed by atoms with Crippen LogP contribution < -0.4 is 4.72 Å². The van der Waals surface area contributed by atoms with Crippen molar-refractivity contribution in [3.8, 4) is 0 Å². The number of fused-ring (bicyclic) bond motifs is 1. The highest BCUT2D eigenvalue weighted by Crippen LogP contribution is 2.26. The van der Waals surface area contributed by atoms with E-state index >= 15 is 0 Å². The third-order valence-electron chi connectivity index (χ3n) is 1.37. The van der Waals surface area contributed by atoms with Crippen LogP contribution in [0.25, 0.3) is 0 Å². The summed E-state index contributed by atoms with van der Waals surface area (Å²) in [4.78, 5) is 0. The lowest BCUT2D eigenvalue weighted by molar-refractivity contribution is 0.803. The van der Waals surface area contributed by atoms with Gasteiger partial charge in [-0.25, -0.2) is 0 Å². The van der Waals surface area contributed by atoms with E-state index in [2.05, 4.69) is 16.0 Å². The summed E-state index contributed by atoms with van der Waals surface area (Å²) in [5.74, 6) is 0. The third kappa shape index (κ3) is 0.827. The van der Waals surface area contributed by atoms with Gasteiger partial charge < -0.3 is 4.72 Å². The van der Waals surface area contributed by atoms with Crippen molar-refractivity contribution < 1.29 is 0 Å². The van der Waals surface area contributed by atoms with Gasteiger partial charge in [-0.3, -0.25) is 4.31 Å². The summed E-state index contributed by atoms with van der Waals surface area (Å²) in [7, 11) is 0. The van der Waals surface area contributed by atoms with Gasteiger partial charge in [0.15, 0.2) is 0 Å². The molecule has 1 radical (unpaired) electrons. The van der Waals surface area contributed by atoms with E-state index in [1.165, 1.54) is 0 Å². The lowest BCUT2D eigenvalue weighted by Gasteiger charge is -2.15. The molecule has 0 atom stereocenters. The first-order valence-electron chi connectivity index (χ1n) is 3.00.